The number of hydrogen-bond acceptors (Lipinski definition) is 6. The summed E-state index contributed by atoms with van der Waals surface area (Å²) in [5.41, 5.74) is 2.80. The Morgan fingerprint density at radius 1 is 1.06 bits per heavy atom. The zero-order valence-corrected chi connectivity index (χ0v) is 18.7. The molecule has 0 saturated heterocycles. The highest BCUT2D eigenvalue weighted by Crippen LogP contribution is 2.42. The third-order valence-electron chi connectivity index (χ3n) is 5.26. The molecule has 4 rings (SSSR count). The Balaban J connectivity index is 1.67. The second-order valence-corrected chi connectivity index (χ2v) is 8.54. The first kappa shape index (κ1) is 21.3. The van der Waals surface area contributed by atoms with Crippen molar-refractivity contribution in [2.24, 2.45) is 5.16 Å². The van der Waals surface area contributed by atoms with Gasteiger partial charge in [-0.15, -0.1) is 11.8 Å². The number of hydrogen-bond donors (Lipinski definition) is 2. The molecule has 7 heteroatoms. The van der Waals surface area contributed by atoms with Crippen molar-refractivity contribution in [2.45, 2.75) is 30.3 Å². The lowest BCUT2D eigenvalue weighted by Gasteiger charge is -2.19. The van der Waals surface area contributed by atoms with Gasteiger partial charge in [0, 0.05) is 29.3 Å². The van der Waals surface area contributed by atoms with Gasteiger partial charge in [0.2, 0.25) is 0 Å². The molecular weight excluding hydrogens is 412 g/mol. The molecular formula is C24H26N2O4S. The maximum Gasteiger partial charge on any atom is 0.132 e. The smallest absolute Gasteiger partial charge is 0.132 e. The summed E-state index contributed by atoms with van der Waals surface area (Å²) in [6, 6.07) is 17.7. The molecule has 1 fully saturated rings. The van der Waals surface area contributed by atoms with E-state index in [1.165, 1.54) is 4.90 Å². The van der Waals surface area contributed by atoms with Crippen LogP contribution in [0.15, 0.2) is 64.6 Å². The number of H-pyrrole nitrogens is 1. The van der Waals surface area contributed by atoms with Crippen molar-refractivity contribution in [2.75, 3.05) is 20.0 Å². The normalized spacial score (nSPS) is 15.0. The minimum Gasteiger partial charge on any atom is -0.485 e. The van der Waals surface area contributed by atoms with Gasteiger partial charge in [-0.25, -0.2) is 0 Å². The third-order valence-corrected chi connectivity index (χ3v) is 6.00. The quantitative estimate of drug-likeness (QED) is 0.187. The van der Waals surface area contributed by atoms with Crippen molar-refractivity contribution < 1.29 is 19.4 Å². The summed E-state index contributed by atoms with van der Waals surface area (Å²) in [6.07, 6.45) is 3.98. The Kier molecular flexibility index (Phi) is 6.25. The number of benzene rings is 2. The van der Waals surface area contributed by atoms with Gasteiger partial charge in [-0.3, -0.25) is 0 Å². The van der Waals surface area contributed by atoms with E-state index in [9.17, 15) is 0 Å². The summed E-state index contributed by atoms with van der Waals surface area (Å²) in [6.45, 7) is 2.30. The second kappa shape index (κ2) is 9.08. The van der Waals surface area contributed by atoms with Crippen molar-refractivity contribution in [1.82, 2.24) is 4.98 Å². The number of methoxy groups -OCH3 is 1. The molecule has 1 heterocycles. The van der Waals surface area contributed by atoms with Crippen LogP contribution in [0.4, 0.5) is 0 Å². The molecule has 3 aromatic rings. The van der Waals surface area contributed by atoms with Gasteiger partial charge in [-0.05, 0) is 74.6 Å². The Bertz CT molecular complexity index is 1070. The van der Waals surface area contributed by atoms with Gasteiger partial charge in [0.05, 0.1) is 18.0 Å². The summed E-state index contributed by atoms with van der Waals surface area (Å²) in [5.74, 6) is 2.17. The van der Waals surface area contributed by atoms with Crippen molar-refractivity contribution in [3.05, 3.63) is 60.3 Å². The zero-order valence-electron chi connectivity index (χ0n) is 17.8. The third kappa shape index (κ3) is 5.06. The highest BCUT2D eigenvalue weighted by atomic mass is 32.2. The minimum atomic E-state index is -0.258. The van der Waals surface area contributed by atoms with Gasteiger partial charge in [0.1, 0.15) is 22.8 Å². The van der Waals surface area contributed by atoms with Crippen LogP contribution in [0.5, 0.6) is 17.2 Å². The van der Waals surface area contributed by atoms with Crippen molar-refractivity contribution in [3.8, 4) is 28.5 Å². The van der Waals surface area contributed by atoms with Gasteiger partial charge in [-0.1, -0.05) is 5.16 Å². The van der Waals surface area contributed by atoms with E-state index in [1.54, 1.807) is 25.8 Å². The average molecular weight is 439 g/mol. The van der Waals surface area contributed by atoms with Crippen LogP contribution >= 0.6 is 11.8 Å². The Labute approximate surface area is 186 Å². The first-order valence-electron chi connectivity index (χ1n) is 10.1. The van der Waals surface area contributed by atoms with E-state index < -0.39 is 0 Å². The molecule has 162 valence electrons. The number of nitrogens with one attached hydrogen (secondary N) is 1. The number of aromatic nitrogens is 1. The molecule has 2 aromatic carbocycles. The largest absolute Gasteiger partial charge is 0.485 e. The van der Waals surface area contributed by atoms with Crippen LogP contribution in [0, 0.1) is 0 Å². The van der Waals surface area contributed by atoms with Gasteiger partial charge in [-0.2, -0.15) is 0 Å². The Morgan fingerprint density at radius 3 is 2.45 bits per heavy atom. The summed E-state index contributed by atoms with van der Waals surface area (Å²) >= 11 is 1.69. The fraction of sp³-hybridized carbons (Fsp3) is 0.292. The average Bonchev–Trinajstić information content (AvgIpc) is 3.34. The lowest BCUT2D eigenvalue weighted by Crippen LogP contribution is -2.24. The number of oxime groups is 1. The van der Waals surface area contributed by atoms with E-state index in [4.69, 9.17) is 19.4 Å². The Morgan fingerprint density at radius 2 is 1.81 bits per heavy atom. The zero-order chi connectivity index (χ0) is 21.8. The van der Waals surface area contributed by atoms with Crippen LogP contribution in [-0.2, 0) is 4.74 Å². The van der Waals surface area contributed by atoms with Crippen LogP contribution in [-0.4, -0.2) is 41.5 Å². The maximum atomic E-state index is 9.06. The molecule has 0 unspecified atom stereocenters. The predicted octanol–water partition coefficient (Wildman–Crippen LogP) is 5.95. The molecule has 1 aliphatic rings. The van der Waals surface area contributed by atoms with Gasteiger partial charge < -0.3 is 24.4 Å². The Hall–Kier alpha value is -2.90. The molecule has 1 saturated carbocycles. The lowest BCUT2D eigenvalue weighted by molar-refractivity contribution is 0.0638. The first-order chi connectivity index (χ1) is 15.0. The van der Waals surface area contributed by atoms with Crippen LogP contribution in [0.1, 0.15) is 25.5 Å². The van der Waals surface area contributed by atoms with Crippen molar-refractivity contribution >= 4 is 17.5 Å². The lowest BCUT2D eigenvalue weighted by atomic mass is 10.1. The monoisotopic (exact) mass is 438 g/mol. The van der Waals surface area contributed by atoms with E-state index in [2.05, 4.69) is 10.1 Å². The topological polar surface area (TPSA) is 76.1 Å². The first-order valence-corrected chi connectivity index (χ1v) is 11.3. The molecule has 0 radical (unpaired) electrons. The van der Waals surface area contributed by atoms with Crippen molar-refractivity contribution in [3.63, 3.8) is 0 Å². The van der Waals surface area contributed by atoms with E-state index in [1.807, 2.05) is 60.9 Å². The van der Waals surface area contributed by atoms with Crippen LogP contribution < -0.4 is 9.47 Å². The summed E-state index contributed by atoms with van der Waals surface area (Å²) in [7, 11) is 1.69. The van der Waals surface area contributed by atoms with Crippen LogP contribution in [0.2, 0.25) is 0 Å². The van der Waals surface area contributed by atoms with Crippen molar-refractivity contribution in [1.29, 1.82) is 0 Å². The fourth-order valence-corrected chi connectivity index (χ4v) is 3.79. The molecule has 0 aliphatic heterocycles. The molecule has 6 nitrogen and oxygen atoms in total. The number of aromatic amines is 1. The SMILES string of the molecule is COCC1(Oc2cc(Oc3ccc(SC)cc3)cc(-c3ccc(/C(C)=N/O)[nH]3)c2)CC1. The number of nitrogens with zero attached hydrogens (tertiary/aromatic N) is 1. The van der Waals surface area contributed by atoms with E-state index in [0.29, 0.717) is 18.1 Å². The van der Waals surface area contributed by atoms with Gasteiger partial charge in [0.15, 0.2) is 0 Å². The molecule has 0 spiro atoms. The molecule has 31 heavy (non-hydrogen) atoms. The minimum absolute atomic E-state index is 0.258. The van der Waals surface area contributed by atoms with Crippen LogP contribution in [0.3, 0.4) is 0 Å². The fourth-order valence-electron chi connectivity index (χ4n) is 3.38. The number of thioether (sulfide) groups is 1. The van der Waals surface area contributed by atoms with E-state index in [0.717, 1.165) is 41.3 Å². The highest BCUT2D eigenvalue weighted by molar-refractivity contribution is 7.98. The molecule has 2 N–H and O–H groups in total. The van der Waals surface area contributed by atoms with Gasteiger partial charge in [0.25, 0.3) is 0 Å². The standard InChI is InChI=1S/C24H26N2O4S/c1-16(26-27)22-8-9-23(25-22)17-12-19(29-18-4-6-21(31-3)7-5-18)14-20(13-17)30-24(10-11-24)15-28-2/h4-9,12-14,25,27H,10-11,15H2,1-3H3/b26-16+. The molecule has 0 amide bonds. The summed E-state index contributed by atoms with van der Waals surface area (Å²) < 4.78 is 17.8. The molecule has 1 aromatic heterocycles. The number of rotatable bonds is 9. The molecule has 0 atom stereocenters. The van der Waals surface area contributed by atoms with Crippen LogP contribution in [0.25, 0.3) is 11.3 Å². The second-order valence-electron chi connectivity index (χ2n) is 7.66. The summed E-state index contributed by atoms with van der Waals surface area (Å²) in [4.78, 5) is 4.47. The highest BCUT2D eigenvalue weighted by Gasteiger charge is 2.45. The predicted molar refractivity (Wildman–Crippen MR) is 123 cm³/mol. The van der Waals surface area contributed by atoms with Gasteiger partial charge >= 0.3 is 0 Å². The molecule has 0 bridgehead atoms. The molecule has 1 aliphatic carbocycles. The summed E-state index contributed by atoms with van der Waals surface area (Å²) in [5, 5.41) is 12.3. The maximum absolute atomic E-state index is 9.06. The van der Waals surface area contributed by atoms with E-state index in [-0.39, 0.29) is 5.60 Å². The number of ether oxygens (including phenoxy) is 3. The van der Waals surface area contributed by atoms with E-state index >= 15 is 0 Å².